The third-order valence-corrected chi connectivity index (χ3v) is 8.84. The van der Waals surface area contributed by atoms with Crippen LogP contribution in [0.25, 0.3) is 10.1 Å². The van der Waals surface area contributed by atoms with Crippen molar-refractivity contribution >= 4 is 43.0 Å². The van der Waals surface area contributed by atoms with Gasteiger partial charge in [-0.2, -0.15) is 0 Å². The molecule has 0 aliphatic carbocycles. The molecular weight excluding hydrogens is 480 g/mol. The first kappa shape index (κ1) is 24.8. The van der Waals surface area contributed by atoms with E-state index in [1.165, 1.54) is 15.6 Å². The highest BCUT2D eigenvalue weighted by Crippen LogP contribution is 2.32. The number of hydrogen-bond donors (Lipinski definition) is 0. The molecule has 0 saturated heterocycles. The highest BCUT2D eigenvalue weighted by atomic mass is 32.2. The number of rotatable bonds is 8. The van der Waals surface area contributed by atoms with Crippen LogP contribution >= 0.6 is 11.3 Å². The van der Waals surface area contributed by atoms with E-state index in [2.05, 4.69) is 0 Å². The fourth-order valence-electron chi connectivity index (χ4n) is 3.88. The van der Waals surface area contributed by atoms with E-state index < -0.39 is 10.0 Å². The van der Waals surface area contributed by atoms with E-state index in [0.717, 1.165) is 27.0 Å². The molecule has 0 aliphatic rings. The van der Waals surface area contributed by atoms with Gasteiger partial charge in [0.25, 0.3) is 15.9 Å². The number of nitrogens with zero attached hydrogens (tertiary/aromatic N) is 2. The van der Waals surface area contributed by atoms with Crippen molar-refractivity contribution in [2.24, 2.45) is 0 Å². The van der Waals surface area contributed by atoms with Crippen molar-refractivity contribution in [1.29, 1.82) is 0 Å². The Morgan fingerprint density at radius 3 is 2.29 bits per heavy atom. The molecule has 1 heterocycles. The van der Waals surface area contributed by atoms with E-state index in [0.29, 0.717) is 23.7 Å². The first-order valence-corrected chi connectivity index (χ1v) is 13.5. The second-order valence-corrected chi connectivity index (χ2v) is 11.3. The average molecular weight is 509 g/mol. The summed E-state index contributed by atoms with van der Waals surface area (Å²) in [6, 6.07) is 21.8. The van der Waals surface area contributed by atoms with Gasteiger partial charge in [0.1, 0.15) is 5.75 Å². The molecule has 8 heteroatoms. The van der Waals surface area contributed by atoms with Gasteiger partial charge in [-0.15, -0.1) is 11.3 Å². The molecule has 3 aromatic carbocycles. The van der Waals surface area contributed by atoms with Crippen molar-refractivity contribution in [3.63, 3.8) is 0 Å². The monoisotopic (exact) mass is 508 g/mol. The lowest BCUT2D eigenvalue weighted by Crippen LogP contribution is -2.30. The average Bonchev–Trinajstić information content (AvgIpc) is 3.28. The van der Waals surface area contributed by atoms with Crippen LogP contribution in [0.3, 0.4) is 0 Å². The molecule has 0 fully saturated rings. The van der Waals surface area contributed by atoms with Crippen LogP contribution in [0.2, 0.25) is 0 Å². The highest BCUT2D eigenvalue weighted by molar-refractivity contribution is 7.92. The van der Waals surface area contributed by atoms with Gasteiger partial charge in [0, 0.05) is 24.8 Å². The number of ether oxygens (including phenoxy) is 1. The van der Waals surface area contributed by atoms with E-state index >= 15 is 0 Å². The lowest BCUT2D eigenvalue weighted by atomic mass is 10.2. The van der Waals surface area contributed by atoms with E-state index in [1.807, 2.05) is 56.3 Å². The first-order valence-electron chi connectivity index (χ1n) is 11.2. The minimum Gasteiger partial charge on any atom is -0.497 e. The van der Waals surface area contributed by atoms with Crippen molar-refractivity contribution in [2.45, 2.75) is 25.3 Å². The number of benzene rings is 3. The predicted octanol–water partition coefficient (Wildman–Crippen LogP) is 5.71. The van der Waals surface area contributed by atoms with E-state index in [1.54, 1.807) is 49.4 Å². The molecule has 0 aliphatic heterocycles. The molecule has 6 nitrogen and oxygen atoms in total. The number of hydrogen-bond acceptors (Lipinski definition) is 5. The van der Waals surface area contributed by atoms with Gasteiger partial charge in [0.05, 0.1) is 22.6 Å². The Hall–Kier alpha value is -3.36. The minimum atomic E-state index is -3.70. The van der Waals surface area contributed by atoms with Crippen LogP contribution in [0.15, 0.2) is 77.7 Å². The van der Waals surface area contributed by atoms with Crippen molar-refractivity contribution in [2.75, 3.05) is 25.0 Å². The summed E-state index contributed by atoms with van der Waals surface area (Å²) in [4.78, 5) is 15.6. The zero-order chi connectivity index (χ0) is 25.2. The molecule has 0 saturated carbocycles. The van der Waals surface area contributed by atoms with Crippen molar-refractivity contribution in [3.05, 3.63) is 88.8 Å². The van der Waals surface area contributed by atoms with Crippen molar-refractivity contribution in [3.8, 4) is 5.75 Å². The molecular formula is C27H28N2O4S2. The Morgan fingerprint density at radius 2 is 1.66 bits per heavy atom. The maximum atomic E-state index is 13.3. The van der Waals surface area contributed by atoms with Gasteiger partial charge in [0.2, 0.25) is 0 Å². The number of anilines is 1. The number of amides is 1. The van der Waals surface area contributed by atoms with Crippen LogP contribution < -0.4 is 9.04 Å². The zero-order valence-corrected chi connectivity index (χ0v) is 21.8. The third kappa shape index (κ3) is 5.18. The second kappa shape index (κ2) is 10.1. The molecule has 4 rings (SSSR count). The number of sulfonamides is 1. The Balaban J connectivity index is 1.58. The maximum absolute atomic E-state index is 13.3. The van der Waals surface area contributed by atoms with E-state index in [9.17, 15) is 13.2 Å². The Kier molecular flexibility index (Phi) is 7.14. The lowest BCUT2D eigenvalue weighted by Gasteiger charge is -2.23. The molecule has 0 unspecified atom stereocenters. The Bertz CT molecular complexity index is 1440. The van der Waals surface area contributed by atoms with Crippen LogP contribution in [0.5, 0.6) is 5.75 Å². The minimum absolute atomic E-state index is 0.0804. The summed E-state index contributed by atoms with van der Waals surface area (Å²) in [6.07, 6.45) is 0. The smallest absolute Gasteiger partial charge is 0.264 e. The fraction of sp³-hybridized carbons (Fsp3) is 0.222. The normalized spacial score (nSPS) is 11.4. The molecule has 1 amide bonds. The van der Waals surface area contributed by atoms with Crippen LogP contribution in [0, 0.1) is 6.92 Å². The maximum Gasteiger partial charge on any atom is 0.264 e. The quantitative estimate of drug-likeness (QED) is 0.306. The number of methoxy groups -OCH3 is 1. The highest BCUT2D eigenvalue weighted by Gasteiger charge is 2.24. The molecule has 0 bridgehead atoms. The molecule has 35 heavy (non-hydrogen) atoms. The molecule has 0 N–H and O–H groups in total. The lowest BCUT2D eigenvalue weighted by molar-refractivity contribution is 0.0790. The van der Waals surface area contributed by atoms with Crippen molar-refractivity contribution in [1.82, 2.24) is 4.90 Å². The Labute approximate surface area is 210 Å². The second-order valence-electron chi connectivity index (χ2n) is 8.32. The van der Waals surface area contributed by atoms with Crippen LogP contribution in [0.1, 0.15) is 27.7 Å². The molecule has 0 atom stereocenters. The largest absolute Gasteiger partial charge is 0.497 e. The van der Waals surface area contributed by atoms with Gasteiger partial charge in [-0.1, -0.05) is 29.8 Å². The van der Waals surface area contributed by atoms with Crippen molar-refractivity contribution < 1.29 is 17.9 Å². The Morgan fingerprint density at radius 1 is 0.971 bits per heavy atom. The number of carbonyl (C=O) groups excluding carboxylic acids is 1. The van der Waals surface area contributed by atoms with Crippen LogP contribution in [-0.4, -0.2) is 39.9 Å². The number of thiophene rings is 1. The van der Waals surface area contributed by atoms with Gasteiger partial charge in [-0.3, -0.25) is 9.10 Å². The van der Waals surface area contributed by atoms with E-state index in [-0.39, 0.29) is 10.8 Å². The summed E-state index contributed by atoms with van der Waals surface area (Å²) in [6.45, 7) is 4.50. The third-order valence-electron chi connectivity index (χ3n) is 5.82. The van der Waals surface area contributed by atoms with Gasteiger partial charge < -0.3 is 9.64 Å². The summed E-state index contributed by atoms with van der Waals surface area (Å²) in [5, 5.41) is 0.839. The number of fused-ring (bicyclic) bond motifs is 1. The van der Waals surface area contributed by atoms with Gasteiger partial charge >= 0.3 is 0 Å². The summed E-state index contributed by atoms with van der Waals surface area (Å²) >= 11 is 1.40. The molecule has 0 spiro atoms. The molecule has 182 valence electrons. The van der Waals surface area contributed by atoms with Gasteiger partial charge in [0.15, 0.2) is 0 Å². The molecule has 0 radical (unpaired) electrons. The van der Waals surface area contributed by atoms with Crippen LogP contribution in [0.4, 0.5) is 5.69 Å². The topological polar surface area (TPSA) is 66.9 Å². The van der Waals surface area contributed by atoms with Gasteiger partial charge in [-0.25, -0.2) is 8.42 Å². The standard InChI is InChI=1S/C27H28N2O4S2/c1-5-29(35(31,32)24-13-6-19(2)7-14-24)22-10-15-25-21(16-22)17-26(34-25)27(30)28(3)18-20-8-11-23(33-4)12-9-20/h6-17H,5,18H2,1-4H3. The van der Waals surface area contributed by atoms with E-state index in [4.69, 9.17) is 4.74 Å². The number of carbonyl (C=O) groups is 1. The predicted molar refractivity (Wildman–Crippen MR) is 142 cm³/mol. The van der Waals surface area contributed by atoms with Crippen LogP contribution in [-0.2, 0) is 16.6 Å². The summed E-state index contributed by atoms with van der Waals surface area (Å²) < 4.78 is 34.1. The summed E-state index contributed by atoms with van der Waals surface area (Å²) in [5.74, 6) is 0.691. The fourth-order valence-corrected chi connectivity index (χ4v) is 6.39. The summed E-state index contributed by atoms with van der Waals surface area (Å²) in [7, 11) is -0.306. The van der Waals surface area contributed by atoms with Gasteiger partial charge in [-0.05, 0) is 73.3 Å². The zero-order valence-electron chi connectivity index (χ0n) is 20.2. The number of aryl methyl sites for hydroxylation is 1. The molecule has 4 aromatic rings. The first-order chi connectivity index (χ1) is 16.7. The summed E-state index contributed by atoms with van der Waals surface area (Å²) in [5.41, 5.74) is 2.58. The SMILES string of the molecule is CCN(c1ccc2sc(C(=O)N(C)Cc3ccc(OC)cc3)cc2c1)S(=O)(=O)c1ccc(C)cc1. The molecule has 1 aromatic heterocycles.